The summed E-state index contributed by atoms with van der Waals surface area (Å²) in [7, 11) is 0. The monoisotopic (exact) mass is 306 g/mol. The minimum absolute atomic E-state index is 0.198. The largest absolute Gasteiger partial charge is 0.317 e. The number of fused-ring (bicyclic) bond motifs is 1. The molecule has 108 valence electrons. The van der Waals surface area contributed by atoms with Gasteiger partial charge < -0.3 is 4.57 Å². The zero-order valence-corrected chi connectivity index (χ0v) is 11.9. The second-order valence-electron chi connectivity index (χ2n) is 4.40. The van der Waals surface area contributed by atoms with Crippen molar-refractivity contribution in [2.45, 2.75) is 30.3 Å². The summed E-state index contributed by atoms with van der Waals surface area (Å²) < 4.78 is 26.9. The lowest BCUT2D eigenvalue weighted by Gasteiger charge is -2.12. The number of thioether (sulfide) groups is 1. The quantitative estimate of drug-likeness (QED) is 0.761. The van der Waals surface area contributed by atoms with Crippen molar-refractivity contribution in [3.8, 4) is 12.1 Å². The number of para-hydroxylation sites is 2. The molecule has 0 aliphatic carbocycles. The molecule has 0 saturated heterocycles. The van der Waals surface area contributed by atoms with Gasteiger partial charge >= 0.3 is 0 Å². The van der Waals surface area contributed by atoms with E-state index in [1.807, 2.05) is 6.07 Å². The standard InChI is InChI=1S/C14H12F2N4S/c15-13(16)21-14-19-11-5-1-2-6-12(11)20(14)9-10(8-18)4-3-7-17/h1-2,5-6,10,13H,3-4,9H2/t10-/m1/s1. The summed E-state index contributed by atoms with van der Waals surface area (Å²) in [6.07, 6.45) is 0.681. The maximum Gasteiger partial charge on any atom is 0.291 e. The molecule has 1 heterocycles. The van der Waals surface area contributed by atoms with Gasteiger partial charge in [0.2, 0.25) is 0 Å². The van der Waals surface area contributed by atoms with Crippen LogP contribution < -0.4 is 0 Å². The normalized spacial score (nSPS) is 12.2. The number of halogens is 2. The number of alkyl halides is 2. The van der Waals surface area contributed by atoms with E-state index >= 15 is 0 Å². The molecule has 0 bridgehead atoms. The van der Waals surface area contributed by atoms with E-state index in [1.54, 1.807) is 28.8 Å². The van der Waals surface area contributed by atoms with Crippen molar-refractivity contribution in [2.75, 3.05) is 0 Å². The van der Waals surface area contributed by atoms with E-state index < -0.39 is 11.7 Å². The Balaban J connectivity index is 2.35. The summed E-state index contributed by atoms with van der Waals surface area (Å²) in [6, 6.07) is 11.2. The van der Waals surface area contributed by atoms with Gasteiger partial charge in [-0.05, 0) is 30.3 Å². The van der Waals surface area contributed by atoms with Crippen LogP contribution >= 0.6 is 11.8 Å². The van der Waals surface area contributed by atoms with Gasteiger partial charge in [0.1, 0.15) is 0 Å². The van der Waals surface area contributed by atoms with Crippen LogP contribution in [0.2, 0.25) is 0 Å². The maximum atomic E-state index is 12.7. The van der Waals surface area contributed by atoms with Crippen LogP contribution in [0.5, 0.6) is 0 Å². The van der Waals surface area contributed by atoms with Gasteiger partial charge in [-0.3, -0.25) is 0 Å². The molecule has 21 heavy (non-hydrogen) atoms. The van der Waals surface area contributed by atoms with Crippen molar-refractivity contribution in [1.29, 1.82) is 10.5 Å². The van der Waals surface area contributed by atoms with Crippen molar-refractivity contribution in [2.24, 2.45) is 5.92 Å². The zero-order valence-electron chi connectivity index (χ0n) is 11.0. The van der Waals surface area contributed by atoms with Crippen LogP contribution in [0.4, 0.5) is 8.78 Å². The van der Waals surface area contributed by atoms with Crippen LogP contribution in [-0.4, -0.2) is 15.3 Å². The molecule has 2 aromatic rings. The first-order valence-corrected chi connectivity index (χ1v) is 7.20. The fraction of sp³-hybridized carbons (Fsp3) is 0.357. The third-order valence-electron chi connectivity index (χ3n) is 3.00. The minimum Gasteiger partial charge on any atom is -0.317 e. The average Bonchev–Trinajstić information content (AvgIpc) is 2.80. The lowest BCUT2D eigenvalue weighted by atomic mass is 10.1. The van der Waals surface area contributed by atoms with Crippen LogP contribution in [0, 0.1) is 28.6 Å². The Bertz CT molecular complexity index is 699. The van der Waals surface area contributed by atoms with Gasteiger partial charge in [0.25, 0.3) is 5.76 Å². The lowest BCUT2D eigenvalue weighted by molar-refractivity contribution is 0.251. The molecule has 0 N–H and O–H groups in total. The minimum atomic E-state index is -2.57. The molecule has 0 spiro atoms. The van der Waals surface area contributed by atoms with Crippen LogP contribution in [0.3, 0.4) is 0 Å². The molecule has 0 saturated carbocycles. The van der Waals surface area contributed by atoms with Crippen molar-refractivity contribution >= 4 is 22.8 Å². The van der Waals surface area contributed by atoms with E-state index in [1.165, 1.54) is 0 Å². The molecule has 1 aromatic carbocycles. The molecule has 2 rings (SSSR count). The summed E-state index contributed by atoms with van der Waals surface area (Å²) in [5.74, 6) is -2.97. The molecular formula is C14H12F2N4S. The highest BCUT2D eigenvalue weighted by molar-refractivity contribution is 7.99. The van der Waals surface area contributed by atoms with E-state index in [0.717, 1.165) is 5.52 Å². The molecule has 0 amide bonds. The topological polar surface area (TPSA) is 65.4 Å². The maximum absolute atomic E-state index is 12.7. The first kappa shape index (κ1) is 15.3. The van der Waals surface area contributed by atoms with E-state index in [0.29, 0.717) is 23.7 Å². The predicted octanol–water partition coefficient (Wildman–Crippen LogP) is 3.79. The van der Waals surface area contributed by atoms with Crippen molar-refractivity contribution in [3.63, 3.8) is 0 Å². The van der Waals surface area contributed by atoms with Crippen molar-refractivity contribution in [1.82, 2.24) is 9.55 Å². The third-order valence-corrected chi connectivity index (χ3v) is 3.70. The second kappa shape index (κ2) is 7.05. The number of hydrogen-bond acceptors (Lipinski definition) is 4. The predicted molar refractivity (Wildman–Crippen MR) is 75.5 cm³/mol. The number of hydrogen-bond donors (Lipinski definition) is 0. The fourth-order valence-corrected chi connectivity index (χ4v) is 2.67. The number of nitrogens with zero attached hydrogens (tertiary/aromatic N) is 4. The number of benzene rings is 1. The van der Waals surface area contributed by atoms with Crippen molar-refractivity contribution in [3.05, 3.63) is 24.3 Å². The lowest BCUT2D eigenvalue weighted by Crippen LogP contribution is -2.10. The molecule has 0 aliphatic heterocycles. The average molecular weight is 306 g/mol. The Morgan fingerprint density at radius 2 is 2.05 bits per heavy atom. The SMILES string of the molecule is N#CCC[C@H](C#N)Cn1c(SC(F)F)nc2ccccc21. The Hall–Kier alpha value is -2.12. The van der Waals surface area contributed by atoms with Gasteiger partial charge in [-0.15, -0.1) is 0 Å². The Morgan fingerprint density at radius 1 is 1.29 bits per heavy atom. The summed E-state index contributed by atoms with van der Waals surface area (Å²) >= 11 is 0.371. The highest BCUT2D eigenvalue weighted by Gasteiger charge is 2.18. The van der Waals surface area contributed by atoms with Crippen LogP contribution in [0.15, 0.2) is 29.4 Å². The molecule has 0 radical (unpaired) electrons. The molecule has 1 aromatic heterocycles. The molecule has 1 atom stereocenters. The summed E-state index contributed by atoms with van der Waals surface area (Å²) in [5, 5.41) is 17.9. The summed E-state index contributed by atoms with van der Waals surface area (Å²) in [5.41, 5.74) is 1.34. The first-order valence-electron chi connectivity index (χ1n) is 6.32. The van der Waals surface area contributed by atoms with Gasteiger partial charge in [-0.1, -0.05) is 12.1 Å². The van der Waals surface area contributed by atoms with Crippen LogP contribution in [-0.2, 0) is 6.54 Å². The molecule has 7 heteroatoms. The summed E-state index contributed by atoms with van der Waals surface area (Å²) in [4.78, 5) is 4.19. The summed E-state index contributed by atoms with van der Waals surface area (Å²) in [6.45, 7) is 0.258. The van der Waals surface area contributed by atoms with Crippen molar-refractivity contribution < 1.29 is 8.78 Å². The molecular weight excluding hydrogens is 294 g/mol. The van der Waals surface area contributed by atoms with Gasteiger partial charge in [-0.25, -0.2) is 4.98 Å². The Labute approximate surface area is 125 Å². The Kier molecular flexibility index (Phi) is 5.13. The van der Waals surface area contributed by atoms with Crippen LogP contribution in [0.25, 0.3) is 11.0 Å². The van der Waals surface area contributed by atoms with E-state index in [4.69, 9.17) is 10.5 Å². The smallest absolute Gasteiger partial charge is 0.291 e. The number of aromatic nitrogens is 2. The van der Waals surface area contributed by atoms with Gasteiger partial charge in [-0.2, -0.15) is 19.3 Å². The highest BCUT2D eigenvalue weighted by Crippen LogP contribution is 2.29. The van der Waals surface area contributed by atoms with Gasteiger partial charge in [0.15, 0.2) is 5.16 Å². The molecule has 4 nitrogen and oxygen atoms in total. The Morgan fingerprint density at radius 3 is 2.71 bits per heavy atom. The number of imidazole rings is 1. The van der Waals surface area contributed by atoms with Gasteiger partial charge in [0, 0.05) is 13.0 Å². The molecule has 0 fully saturated rings. The molecule has 0 unspecified atom stereocenters. The van der Waals surface area contributed by atoms with E-state index in [9.17, 15) is 8.78 Å². The second-order valence-corrected chi connectivity index (χ2v) is 5.35. The zero-order chi connectivity index (χ0) is 15.2. The third kappa shape index (κ3) is 3.71. The van der Waals surface area contributed by atoms with E-state index in [-0.39, 0.29) is 18.1 Å². The highest BCUT2D eigenvalue weighted by atomic mass is 32.2. The van der Waals surface area contributed by atoms with E-state index in [2.05, 4.69) is 11.1 Å². The number of nitriles is 2. The number of rotatable bonds is 6. The van der Waals surface area contributed by atoms with Crippen LogP contribution in [0.1, 0.15) is 12.8 Å². The fourth-order valence-electron chi connectivity index (χ4n) is 2.06. The van der Waals surface area contributed by atoms with Gasteiger partial charge in [0.05, 0.1) is 29.1 Å². The first-order chi connectivity index (χ1) is 10.2. The molecule has 0 aliphatic rings.